The van der Waals surface area contributed by atoms with Gasteiger partial charge in [0.1, 0.15) is 10.3 Å². The molecule has 26 heavy (non-hydrogen) atoms. The standard InChI is InChI=1S/C18H21ClN2O3S2/c19-15-6-3-5-14(13-15)9-10-20-18(22)16-7-1-2-11-21(16)26(23,24)17-8-4-12-25-17/h3-6,8,12-13,16H,1-2,7,9-11H2,(H,20,22). The van der Waals surface area contributed by atoms with Crippen molar-refractivity contribution >= 4 is 38.9 Å². The third-order valence-electron chi connectivity index (χ3n) is 4.42. The number of carbonyl (C=O) groups excluding carboxylic acids is 1. The van der Waals surface area contributed by atoms with Gasteiger partial charge in [-0.3, -0.25) is 4.79 Å². The van der Waals surface area contributed by atoms with E-state index in [0.29, 0.717) is 31.0 Å². The number of benzene rings is 1. The lowest BCUT2D eigenvalue weighted by atomic mass is 10.0. The molecule has 1 aliphatic heterocycles. The first-order valence-electron chi connectivity index (χ1n) is 8.56. The lowest BCUT2D eigenvalue weighted by molar-refractivity contribution is -0.125. The van der Waals surface area contributed by atoms with Crippen molar-refractivity contribution in [1.82, 2.24) is 9.62 Å². The molecule has 1 N–H and O–H groups in total. The number of rotatable bonds is 6. The van der Waals surface area contributed by atoms with Crippen molar-refractivity contribution in [3.8, 4) is 0 Å². The van der Waals surface area contributed by atoms with Gasteiger partial charge >= 0.3 is 0 Å². The van der Waals surface area contributed by atoms with Gasteiger partial charge in [-0.05, 0) is 48.4 Å². The monoisotopic (exact) mass is 412 g/mol. The van der Waals surface area contributed by atoms with Crippen LogP contribution in [0.3, 0.4) is 0 Å². The van der Waals surface area contributed by atoms with Crippen LogP contribution in [0.25, 0.3) is 0 Å². The number of piperidine rings is 1. The fraction of sp³-hybridized carbons (Fsp3) is 0.389. The van der Waals surface area contributed by atoms with E-state index < -0.39 is 16.1 Å². The summed E-state index contributed by atoms with van der Waals surface area (Å²) in [6, 6.07) is 10.1. The van der Waals surface area contributed by atoms with Gasteiger partial charge < -0.3 is 5.32 Å². The highest BCUT2D eigenvalue weighted by molar-refractivity contribution is 7.91. The van der Waals surface area contributed by atoms with Crippen LogP contribution in [0.4, 0.5) is 0 Å². The van der Waals surface area contributed by atoms with Crippen molar-refractivity contribution in [2.75, 3.05) is 13.1 Å². The molecule has 1 fully saturated rings. The molecule has 0 radical (unpaired) electrons. The molecular weight excluding hydrogens is 392 g/mol. The Labute approximate surface area is 163 Å². The lowest BCUT2D eigenvalue weighted by Gasteiger charge is -2.33. The maximum absolute atomic E-state index is 12.8. The summed E-state index contributed by atoms with van der Waals surface area (Å²) >= 11 is 7.15. The Hall–Kier alpha value is -1.41. The highest BCUT2D eigenvalue weighted by Crippen LogP contribution is 2.28. The van der Waals surface area contributed by atoms with Gasteiger partial charge in [-0.15, -0.1) is 11.3 Å². The molecule has 1 unspecified atom stereocenters. The third-order valence-corrected chi connectivity index (χ3v) is 7.93. The maximum Gasteiger partial charge on any atom is 0.253 e. The molecular formula is C18H21ClN2O3S2. The second-order valence-corrected chi connectivity index (χ2v) is 9.73. The van der Waals surface area contributed by atoms with Crippen molar-refractivity contribution in [3.05, 3.63) is 52.4 Å². The van der Waals surface area contributed by atoms with E-state index in [1.807, 2.05) is 18.2 Å². The van der Waals surface area contributed by atoms with Crippen LogP contribution in [0.2, 0.25) is 5.02 Å². The average molecular weight is 413 g/mol. The van der Waals surface area contributed by atoms with Gasteiger partial charge in [-0.1, -0.05) is 36.2 Å². The summed E-state index contributed by atoms with van der Waals surface area (Å²) in [6.45, 7) is 0.829. The molecule has 1 amide bonds. The van der Waals surface area contributed by atoms with Crippen molar-refractivity contribution in [1.29, 1.82) is 0 Å². The van der Waals surface area contributed by atoms with Gasteiger partial charge in [0.2, 0.25) is 5.91 Å². The molecule has 3 rings (SSSR count). The molecule has 1 aromatic heterocycles. The summed E-state index contributed by atoms with van der Waals surface area (Å²) in [7, 11) is -3.62. The highest BCUT2D eigenvalue weighted by Gasteiger charge is 2.37. The van der Waals surface area contributed by atoms with Crippen molar-refractivity contribution in [3.63, 3.8) is 0 Å². The minimum atomic E-state index is -3.62. The van der Waals surface area contributed by atoms with E-state index in [4.69, 9.17) is 11.6 Å². The van der Waals surface area contributed by atoms with Crippen LogP contribution < -0.4 is 5.32 Å². The molecule has 2 aromatic rings. The number of halogens is 1. The highest BCUT2D eigenvalue weighted by atomic mass is 35.5. The first kappa shape index (κ1) is 19.4. The molecule has 1 atom stereocenters. The zero-order valence-electron chi connectivity index (χ0n) is 14.2. The quantitative estimate of drug-likeness (QED) is 0.791. The minimum Gasteiger partial charge on any atom is -0.354 e. The zero-order chi connectivity index (χ0) is 18.6. The van der Waals surface area contributed by atoms with Gasteiger partial charge in [-0.2, -0.15) is 4.31 Å². The number of sulfonamides is 1. The molecule has 0 bridgehead atoms. The summed E-state index contributed by atoms with van der Waals surface area (Å²) in [5.41, 5.74) is 1.03. The largest absolute Gasteiger partial charge is 0.354 e. The SMILES string of the molecule is O=C(NCCc1cccc(Cl)c1)C1CCCCN1S(=O)(=O)c1cccs1. The van der Waals surface area contributed by atoms with E-state index >= 15 is 0 Å². The third kappa shape index (κ3) is 4.46. The first-order valence-corrected chi connectivity index (χ1v) is 11.3. The summed E-state index contributed by atoms with van der Waals surface area (Å²) in [5.74, 6) is -0.230. The molecule has 0 aliphatic carbocycles. The zero-order valence-corrected chi connectivity index (χ0v) is 16.6. The van der Waals surface area contributed by atoms with Gasteiger partial charge in [0.25, 0.3) is 10.0 Å². The molecule has 0 saturated carbocycles. The Balaban J connectivity index is 1.64. The Kier molecular flexibility index (Phi) is 6.34. The molecule has 0 spiro atoms. The van der Waals surface area contributed by atoms with E-state index in [0.717, 1.165) is 18.4 Å². The lowest BCUT2D eigenvalue weighted by Crippen LogP contribution is -2.51. The molecule has 1 saturated heterocycles. The minimum absolute atomic E-state index is 0.230. The van der Waals surface area contributed by atoms with Crippen LogP contribution in [-0.4, -0.2) is 37.8 Å². The average Bonchev–Trinajstić information content (AvgIpc) is 3.17. The maximum atomic E-state index is 12.8. The molecule has 2 heterocycles. The fourth-order valence-electron chi connectivity index (χ4n) is 3.12. The molecule has 8 heteroatoms. The van der Waals surface area contributed by atoms with E-state index in [1.165, 1.54) is 15.6 Å². The smallest absolute Gasteiger partial charge is 0.253 e. The number of nitrogens with zero attached hydrogens (tertiary/aromatic N) is 1. The van der Waals surface area contributed by atoms with E-state index in [-0.39, 0.29) is 10.1 Å². The van der Waals surface area contributed by atoms with Gasteiger partial charge in [-0.25, -0.2) is 8.42 Å². The number of amides is 1. The van der Waals surface area contributed by atoms with Crippen LogP contribution >= 0.6 is 22.9 Å². The van der Waals surface area contributed by atoms with Gasteiger partial charge in [0.15, 0.2) is 0 Å². The molecule has 140 valence electrons. The Bertz CT molecular complexity index is 853. The summed E-state index contributed by atoms with van der Waals surface area (Å²) in [4.78, 5) is 12.6. The predicted octanol–water partition coefficient (Wildman–Crippen LogP) is 3.30. The molecule has 1 aliphatic rings. The Morgan fingerprint density at radius 3 is 2.85 bits per heavy atom. The predicted molar refractivity (Wildman–Crippen MR) is 104 cm³/mol. The van der Waals surface area contributed by atoms with Crippen LogP contribution in [-0.2, 0) is 21.2 Å². The van der Waals surface area contributed by atoms with Crippen molar-refractivity contribution in [2.45, 2.75) is 35.9 Å². The second kappa shape index (κ2) is 8.52. The molecule has 1 aromatic carbocycles. The summed E-state index contributed by atoms with van der Waals surface area (Å²) in [6.07, 6.45) is 2.82. The Morgan fingerprint density at radius 2 is 2.12 bits per heavy atom. The number of carbonyl (C=O) groups is 1. The van der Waals surface area contributed by atoms with Gasteiger partial charge in [0.05, 0.1) is 0 Å². The van der Waals surface area contributed by atoms with E-state index in [2.05, 4.69) is 5.32 Å². The van der Waals surface area contributed by atoms with Crippen molar-refractivity contribution < 1.29 is 13.2 Å². The van der Waals surface area contributed by atoms with Crippen molar-refractivity contribution in [2.24, 2.45) is 0 Å². The van der Waals surface area contributed by atoms with Crippen LogP contribution in [0.15, 0.2) is 46.0 Å². The topological polar surface area (TPSA) is 66.5 Å². The van der Waals surface area contributed by atoms with Crippen LogP contribution in [0.1, 0.15) is 24.8 Å². The molecule has 5 nitrogen and oxygen atoms in total. The van der Waals surface area contributed by atoms with Crippen LogP contribution in [0, 0.1) is 0 Å². The number of thiophene rings is 1. The first-order chi connectivity index (χ1) is 12.5. The normalized spacial score (nSPS) is 18.6. The second-order valence-electron chi connectivity index (χ2n) is 6.23. The van der Waals surface area contributed by atoms with E-state index in [9.17, 15) is 13.2 Å². The summed E-state index contributed by atoms with van der Waals surface area (Å²) < 4.78 is 27.3. The summed E-state index contributed by atoms with van der Waals surface area (Å²) in [5, 5.41) is 5.28. The fourth-order valence-corrected chi connectivity index (χ4v) is 6.11. The van der Waals surface area contributed by atoms with Crippen LogP contribution in [0.5, 0.6) is 0 Å². The Morgan fingerprint density at radius 1 is 1.27 bits per heavy atom. The van der Waals surface area contributed by atoms with Gasteiger partial charge in [0, 0.05) is 18.1 Å². The van der Waals surface area contributed by atoms with E-state index in [1.54, 1.807) is 23.6 Å². The number of hydrogen-bond acceptors (Lipinski definition) is 4. The number of nitrogens with one attached hydrogen (secondary N) is 1. The number of hydrogen-bond donors (Lipinski definition) is 1.